The largest absolute Gasteiger partial charge is 0.508 e. The molecule has 1 aromatic heterocycles. The van der Waals surface area contributed by atoms with E-state index in [1.54, 1.807) is 30.0 Å². The number of aromatic nitrogens is 1. The number of hydrogen-bond acceptors (Lipinski definition) is 8. The van der Waals surface area contributed by atoms with Gasteiger partial charge < -0.3 is 14.2 Å². The summed E-state index contributed by atoms with van der Waals surface area (Å²) in [6, 6.07) is 7.94. The Bertz CT molecular complexity index is 699. The van der Waals surface area contributed by atoms with Crippen LogP contribution in [0.5, 0.6) is 0 Å². The molecule has 1 fully saturated rings. The van der Waals surface area contributed by atoms with Crippen LogP contribution in [0.4, 0.5) is 4.79 Å². The van der Waals surface area contributed by atoms with Crippen molar-refractivity contribution in [1.82, 2.24) is 4.98 Å². The molecule has 0 radical (unpaired) electrons. The summed E-state index contributed by atoms with van der Waals surface area (Å²) in [4.78, 5) is 27.6. The fraction of sp³-hybridized carbons (Fsp3) is 0.438. The Morgan fingerprint density at radius 3 is 2.96 bits per heavy atom. The van der Waals surface area contributed by atoms with Gasteiger partial charge in [-0.15, -0.1) is 11.3 Å². The predicted molar refractivity (Wildman–Crippen MR) is 91.4 cm³/mol. The lowest BCUT2D eigenvalue weighted by molar-refractivity contribution is -0.147. The Kier molecular flexibility index (Phi) is 5.57. The van der Waals surface area contributed by atoms with Gasteiger partial charge in [-0.1, -0.05) is 23.9 Å². The van der Waals surface area contributed by atoms with Gasteiger partial charge in [0.05, 0.1) is 23.2 Å². The number of fused-ring (bicyclic) bond motifs is 1. The zero-order chi connectivity index (χ0) is 16.9. The lowest BCUT2D eigenvalue weighted by atomic mass is 10.1. The van der Waals surface area contributed by atoms with Gasteiger partial charge in [-0.05, 0) is 19.1 Å². The Labute approximate surface area is 147 Å². The molecule has 2 atom stereocenters. The molecule has 1 aliphatic rings. The summed E-state index contributed by atoms with van der Waals surface area (Å²) in [5, 5.41) is 0. The lowest BCUT2D eigenvalue weighted by Crippen LogP contribution is -2.37. The molecule has 2 aromatic rings. The van der Waals surface area contributed by atoms with E-state index in [0.29, 0.717) is 18.8 Å². The lowest BCUT2D eigenvalue weighted by Gasteiger charge is -2.28. The number of rotatable bonds is 6. The van der Waals surface area contributed by atoms with Crippen LogP contribution in [-0.2, 0) is 19.0 Å². The molecule has 0 unspecified atom stereocenters. The Balaban J connectivity index is 1.55. The summed E-state index contributed by atoms with van der Waals surface area (Å²) < 4.78 is 17.2. The van der Waals surface area contributed by atoms with Crippen LogP contribution in [0.1, 0.15) is 19.8 Å². The minimum Gasteiger partial charge on any atom is -0.466 e. The highest BCUT2D eigenvalue weighted by atomic mass is 32.2. The fourth-order valence-corrected chi connectivity index (χ4v) is 4.50. The van der Waals surface area contributed by atoms with Crippen molar-refractivity contribution in [3.63, 3.8) is 0 Å². The van der Waals surface area contributed by atoms with Gasteiger partial charge in [0, 0.05) is 12.2 Å². The quantitative estimate of drug-likeness (QED) is 0.570. The molecule has 1 aromatic carbocycles. The number of carbonyl (C=O) groups is 2. The standard InChI is InChI=1S/C16H17NO5S2/c1-2-20-14(18)8-10-7-11(22-16(19)21-10)9-23-15-17-12-5-3-4-6-13(12)24-15/h3-6,10-11H,2,7-9H2,1H3/t10-,11+/m1/s1. The van der Waals surface area contributed by atoms with E-state index in [2.05, 4.69) is 4.98 Å². The van der Waals surface area contributed by atoms with Crippen LogP contribution in [0, 0.1) is 0 Å². The van der Waals surface area contributed by atoms with E-state index in [4.69, 9.17) is 14.2 Å². The summed E-state index contributed by atoms with van der Waals surface area (Å²) in [7, 11) is 0. The van der Waals surface area contributed by atoms with E-state index in [1.165, 1.54) is 0 Å². The molecule has 0 N–H and O–H groups in total. The number of esters is 1. The summed E-state index contributed by atoms with van der Waals surface area (Å²) in [6.45, 7) is 2.05. The van der Waals surface area contributed by atoms with Crippen LogP contribution in [-0.4, -0.2) is 41.7 Å². The molecule has 0 bridgehead atoms. The predicted octanol–water partition coefficient (Wildman–Crippen LogP) is 3.64. The van der Waals surface area contributed by atoms with E-state index in [1.807, 2.05) is 24.3 Å². The van der Waals surface area contributed by atoms with E-state index in [0.717, 1.165) is 14.6 Å². The first-order chi connectivity index (χ1) is 11.6. The molecule has 6 nitrogen and oxygen atoms in total. The number of thiazole rings is 1. The maximum atomic E-state index is 11.6. The number of cyclic esters (lactones) is 2. The third kappa shape index (κ3) is 4.39. The zero-order valence-electron chi connectivity index (χ0n) is 13.1. The average Bonchev–Trinajstić information content (AvgIpc) is 2.95. The van der Waals surface area contributed by atoms with E-state index >= 15 is 0 Å². The average molecular weight is 367 g/mol. The van der Waals surface area contributed by atoms with Gasteiger partial charge in [-0.2, -0.15) is 0 Å². The summed E-state index contributed by atoms with van der Waals surface area (Å²) in [5.41, 5.74) is 0.967. The van der Waals surface area contributed by atoms with E-state index < -0.39 is 12.3 Å². The Morgan fingerprint density at radius 1 is 1.38 bits per heavy atom. The summed E-state index contributed by atoms with van der Waals surface area (Å²) in [6.07, 6.45) is -0.993. The van der Waals surface area contributed by atoms with Crippen molar-refractivity contribution in [2.75, 3.05) is 12.4 Å². The van der Waals surface area contributed by atoms with Crippen LogP contribution in [0.2, 0.25) is 0 Å². The number of ether oxygens (including phenoxy) is 3. The minimum atomic E-state index is -0.731. The minimum absolute atomic E-state index is 0.0608. The Hall–Kier alpha value is -1.80. The molecule has 0 amide bonds. The molecule has 3 rings (SSSR count). The maximum absolute atomic E-state index is 11.6. The highest BCUT2D eigenvalue weighted by molar-refractivity contribution is 8.01. The van der Waals surface area contributed by atoms with Crippen LogP contribution < -0.4 is 0 Å². The summed E-state index contributed by atoms with van der Waals surface area (Å²) >= 11 is 3.16. The van der Waals surface area contributed by atoms with E-state index in [-0.39, 0.29) is 18.5 Å². The van der Waals surface area contributed by atoms with Gasteiger partial charge >= 0.3 is 12.1 Å². The number of nitrogens with zero attached hydrogens (tertiary/aromatic N) is 1. The van der Waals surface area contributed by atoms with Crippen LogP contribution in [0.3, 0.4) is 0 Å². The second-order valence-corrected chi connectivity index (χ2v) is 7.53. The second kappa shape index (κ2) is 7.85. The first-order valence-electron chi connectivity index (χ1n) is 7.65. The third-order valence-corrected chi connectivity index (χ3v) is 5.73. The van der Waals surface area contributed by atoms with Crippen molar-refractivity contribution in [2.45, 2.75) is 36.3 Å². The van der Waals surface area contributed by atoms with E-state index in [9.17, 15) is 9.59 Å². The molecule has 0 aliphatic carbocycles. The van der Waals surface area contributed by atoms with Crippen molar-refractivity contribution in [1.29, 1.82) is 0 Å². The third-order valence-electron chi connectivity index (χ3n) is 3.42. The molecule has 128 valence electrons. The zero-order valence-corrected chi connectivity index (χ0v) is 14.7. The van der Waals surface area contributed by atoms with Crippen LogP contribution in [0.15, 0.2) is 28.6 Å². The number of benzene rings is 1. The number of para-hydroxylation sites is 1. The Morgan fingerprint density at radius 2 is 2.17 bits per heavy atom. The van der Waals surface area contributed by atoms with Gasteiger partial charge in [0.1, 0.15) is 12.2 Å². The first-order valence-corrected chi connectivity index (χ1v) is 9.45. The highest BCUT2D eigenvalue weighted by Crippen LogP contribution is 2.31. The topological polar surface area (TPSA) is 74.7 Å². The molecule has 1 saturated heterocycles. The van der Waals surface area contributed by atoms with Gasteiger partial charge in [-0.3, -0.25) is 4.79 Å². The van der Waals surface area contributed by atoms with Crippen LogP contribution in [0.25, 0.3) is 10.2 Å². The molecule has 0 saturated carbocycles. The van der Waals surface area contributed by atoms with Crippen molar-refractivity contribution in [2.24, 2.45) is 0 Å². The van der Waals surface area contributed by atoms with Crippen LogP contribution >= 0.6 is 23.1 Å². The van der Waals surface area contributed by atoms with Crippen molar-refractivity contribution >= 4 is 45.4 Å². The second-order valence-electron chi connectivity index (χ2n) is 5.23. The SMILES string of the molecule is CCOC(=O)C[C@H]1C[C@@H](CSc2nc3ccccc3s2)OC(=O)O1. The molecular formula is C16H17NO5S2. The smallest absolute Gasteiger partial charge is 0.466 e. The normalized spacial score (nSPS) is 20.5. The number of hydrogen-bond donors (Lipinski definition) is 0. The molecular weight excluding hydrogens is 350 g/mol. The van der Waals surface area contributed by atoms with Gasteiger partial charge in [0.25, 0.3) is 0 Å². The molecule has 1 aliphatic heterocycles. The summed E-state index contributed by atoms with van der Waals surface area (Å²) in [5.74, 6) is 0.212. The fourth-order valence-electron chi connectivity index (χ4n) is 2.40. The van der Waals surface area contributed by atoms with Gasteiger partial charge in [0.15, 0.2) is 4.34 Å². The highest BCUT2D eigenvalue weighted by Gasteiger charge is 2.32. The maximum Gasteiger partial charge on any atom is 0.508 e. The molecule has 24 heavy (non-hydrogen) atoms. The first kappa shape index (κ1) is 17.0. The molecule has 0 spiro atoms. The monoisotopic (exact) mass is 367 g/mol. The van der Waals surface area contributed by atoms with Gasteiger partial charge in [0.2, 0.25) is 0 Å². The number of carbonyl (C=O) groups excluding carboxylic acids is 2. The molecule has 2 heterocycles. The van der Waals surface area contributed by atoms with Crippen molar-refractivity contribution in [3.8, 4) is 0 Å². The van der Waals surface area contributed by atoms with Gasteiger partial charge in [-0.25, -0.2) is 9.78 Å². The van der Waals surface area contributed by atoms with Crippen molar-refractivity contribution in [3.05, 3.63) is 24.3 Å². The van der Waals surface area contributed by atoms with Crippen molar-refractivity contribution < 1.29 is 23.8 Å². The molecule has 8 heteroatoms. The number of thioether (sulfide) groups is 1.